The molecule has 0 radical (unpaired) electrons. The van der Waals surface area contributed by atoms with Crippen LogP contribution in [0.2, 0.25) is 0 Å². The number of ether oxygens (including phenoxy) is 1. The summed E-state index contributed by atoms with van der Waals surface area (Å²) in [4.78, 5) is 6.31. The number of nitrogens with one attached hydrogen (secondary N) is 1. The lowest BCUT2D eigenvalue weighted by molar-refractivity contribution is 0.00731. The molecule has 0 amide bonds. The number of nitrogens with two attached hydrogens (primary N) is 1. The van der Waals surface area contributed by atoms with Gasteiger partial charge in [0.1, 0.15) is 33.9 Å². The molecule has 1 saturated heterocycles. The van der Waals surface area contributed by atoms with Crippen molar-refractivity contribution in [1.29, 1.82) is 0 Å². The molecule has 1 aliphatic carbocycles. The number of hydrogen-bond donors (Lipinski definition) is 2. The van der Waals surface area contributed by atoms with Crippen LogP contribution in [0, 0.1) is 24.4 Å². The molecule has 6 rings (SSSR count). The Kier molecular flexibility index (Phi) is 8.53. The van der Waals surface area contributed by atoms with Crippen molar-refractivity contribution in [1.82, 2.24) is 19.7 Å². The van der Waals surface area contributed by atoms with E-state index >= 15 is 8.78 Å². The topological polar surface area (TPSA) is 115 Å². The molecule has 13 heteroatoms. The fourth-order valence-corrected chi connectivity index (χ4v) is 7.82. The molecule has 45 heavy (non-hydrogen) atoms. The molecular weight excluding hydrogens is 605 g/mol. The normalized spacial score (nSPS) is 19.8. The van der Waals surface area contributed by atoms with E-state index in [-0.39, 0.29) is 29.0 Å². The number of rotatable bonds is 7. The van der Waals surface area contributed by atoms with E-state index in [1.54, 1.807) is 17.8 Å². The van der Waals surface area contributed by atoms with Gasteiger partial charge in [-0.3, -0.25) is 14.3 Å². The Morgan fingerprint density at radius 3 is 2.40 bits per heavy atom. The van der Waals surface area contributed by atoms with Crippen LogP contribution in [-0.4, -0.2) is 60.4 Å². The van der Waals surface area contributed by atoms with Gasteiger partial charge in [0.05, 0.1) is 29.8 Å². The Balaban J connectivity index is 1.36. The van der Waals surface area contributed by atoms with Gasteiger partial charge in [-0.05, 0) is 81.7 Å². The van der Waals surface area contributed by atoms with E-state index in [2.05, 4.69) is 9.88 Å². The van der Waals surface area contributed by atoms with Gasteiger partial charge in [0, 0.05) is 43.0 Å². The van der Waals surface area contributed by atoms with Crippen molar-refractivity contribution in [2.75, 3.05) is 36.8 Å². The quantitative estimate of drug-likeness (QED) is 0.249. The van der Waals surface area contributed by atoms with Crippen LogP contribution in [0.1, 0.15) is 62.6 Å². The van der Waals surface area contributed by atoms with Crippen molar-refractivity contribution in [3.8, 4) is 11.3 Å². The average molecular weight is 643 g/mol. The minimum atomic E-state index is -4.55. The minimum absolute atomic E-state index is 0.114. The summed E-state index contributed by atoms with van der Waals surface area (Å²) in [6, 6.07) is 5.52. The zero-order valence-corrected chi connectivity index (χ0v) is 26.3. The van der Waals surface area contributed by atoms with E-state index in [1.807, 2.05) is 18.6 Å². The first kappa shape index (κ1) is 31.3. The molecule has 240 valence electrons. The molecule has 0 bridgehead atoms. The number of halogens is 3. The lowest BCUT2D eigenvalue weighted by Crippen LogP contribution is -2.44. The van der Waals surface area contributed by atoms with Crippen LogP contribution < -0.4 is 10.5 Å². The first-order chi connectivity index (χ1) is 21.4. The number of aryl methyl sites for hydroxylation is 1. The van der Waals surface area contributed by atoms with Crippen LogP contribution in [-0.2, 0) is 14.8 Å². The maximum atomic E-state index is 15.8. The molecule has 1 saturated carbocycles. The minimum Gasteiger partial charge on any atom is -0.383 e. The number of anilines is 2. The van der Waals surface area contributed by atoms with E-state index < -0.39 is 38.1 Å². The molecule has 2 aromatic carbocycles. The van der Waals surface area contributed by atoms with Crippen LogP contribution in [0.3, 0.4) is 0 Å². The number of pyridine rings is 1. The van der Waals surface area contributed by atoms with Crippen LogP contribution in [0.4, 0.5) is 24.7 Å². The number of sulfonamides is 1. The summed E-state index contributed by atoms with van der Waals surface area (Å²) >= 11 is 0. The van der Waals surface area contributed by atoms with Crippen molar-refractivity contribution in [2.45, 2.75) is 69.4 Å². The van der Waals surface area contributed by atoms with Gasteiger partial charge < -0.3 is 10.5 Å². The third kappa shape index (κ3) is 6.00. The van der Waals surface area contributed by atoms with E-state index in [0.717, 1.165) is 87.3 Å². The van der Waals surface area contributed by atoms with Crippen LogP contribution in [0.15, 0.2) is 41.4 Å². The fraction of sp³-hybridized carbons (Fsp3) is 0.438. The van der Waals surface area contributed by atoms with Gasteiger partial charge in [-0.2, -0.15) is 5.10 Å². The number of hydrogen-bond acceptors (Lipinski definition) is 7. The maximum absolute atomic E-state index is 15.8. The molecule has 0 spiro atoms. The summed E-state index contributed by atoms with van der Waals surface area (Å²) in [5.41, 5.74) is 7.85. The molecule has 3 N–H and O–H groups in total. The average Bonchev–Trinajstić information content (AvgIpc) is 3.42. The molecular formula is C32H37F3N6O3S. The number of nitrogen functional groups attached to an aromatic ring is 1. The molecule has 2 aromatic heterocycles. The second kappa shape index (κ2) is 12.3. The van der Waals surface area contributed by atoms with Crippen molar-refractivity contribution >= 4 is 32.4 Å². The number of nitrogens with zero attached hydrogens (tertiary/aromatic N) is 4. The summed E-state index contributed by atoms with van der Waals surface area (Å²) in [6.45, 7) is 8.89. The Morgan fingerprint density at radius 2 is 1.71 bits per heavy atom. The zero-order valence-electron chi connectivity index (χ0n) is 25.5. The first-order valence-corrected chi connectivity index (χ1v) is 16.7. The van der Waals surface area contributed by atoms with E-state index in [0.29, 0.717) is 17.0 Å². The van der Waals surface area contributed by atoms with Gasteiger partial charge in [0.25, 0.3) is 10.0 Å². The molecule has 3 heterocycles. The molecule has 2 aliphatic rings. The van der Waals surface area contributed by atoms with Crippen molar-refractivity contribution in [3.05, 3.63) is 65.1 Å². The lowest BCUT2D eigenvalue weighted by Gasteiger charge is -2.39. The third-order valence-electron chi connectivity index (χ3n) is 8.90. The van der Waals surface area contributed by atoms with Crippen LogP contribution in [0.5, 0.6) is 0 Å². The molecule has 0 unspecified atom stereocenters. The summed E-state index contributed by atoms with van der Waals surface area (Å²) in [7, 11) is -4.55. The second-order valence-corrected chi connectivity index (χ2v) is 13.9. The highest BCUT2D eigenvalue weighted by Gasteiger charge is 2.32. The lowest BCUT2D eigenvalue weighted by atomic mass is 9.81. The molecule has 2 fully saturated rings. The molecule has 1 aliphatic heterocycles. The van der Waals surface area contributed by atoms with E-state index in [9.17, 15) is 12.8 Å². The largest absolute Gasteiger partial charge is 0.383 e. The fourth-order valence-electron chi connectivity index (χ4n) is 6.60. The van der Waals surface area contributed by atoms with Crippen molar-refractivity contribution < 1.29 is 26.3 Å². The highest BCUT2D eigenvalue weighted by atomic mass is 32.2. The van der Waals surface area contributed by atoms with Gasteiger partial charge >= 0.3 is 0 Å². The van der Waals surface area contributed by atoms with E-state index in [4.69, 9.17) is 15.6 Å². The summed E-state index contributed by atoms with van der Waals surface area (Å²) in [6.07, 6.45) is 5.73. The Hall–Kier alpha value is -3.68. The monoisotopic (exact) mass is 642 g/mol. The predicted octanol–water partition coefficient (Wildman–Crippen LogP) is 6.15. The third-order valence-corrected chi connectivity index (χ3v) is 10.3. The number of benzene rings is 2. The van der Waals surface area contributed by atoms with Gasteiger partial charge in [-0.1, -0.05) is 6.07 Å². The summed E-state index contributed by atoms with van der Waals surface area (Å²) < 4.78 is 80.7. The molecule has 9 nitrogen and oxygen atoms in total. The van der Waals surface area contributed by atoms with E-state index in [1.165, 1.54) is 6.07 Å². The maximum Gasteiger partial charge on any atom is 0.264 e. The molecule has 0 atom stereocenters. The van der Waals surface area contributed by atoms with Gasteiger partial charge in [-0.25, -0.2) is 26.6 Å². The number of fused-ring (bicyclic) bond motifs is 1. The van der Waals surface area contributed by atoms with Crippen molar-refractivity contribution in [3.63, 3.8) is 0 Å². The zero-order chi connectivity index (χ0) is 32.0. The number of morpholine rings is 1. The van der Waals surface area contributed by atoms with Crippen LogP contribution >= 0.6 is 0 Å². The van der Waals surface area contributed by atoms with Crippen molar-refractivity contribution in [2.24, 2.45) is 0 Å². The number of aromatic nitrogens is 3. The van der Waals surface area contributed by atoms with Crippen LogP contribution in [0.25, 0.3) is 22.2 Å². The highest BCUT2D eigenvalue weighted by Crippen LogP contribution is 2.43. The second-order valence-electron chi connectivity index (χ2n) is 12.2. The smallest absolute Gasteiger partial charge is 0.264 e. The standard InChI is InChI=1S/C32H37F3N6O3S/c1-18(2)41-31-23(20-5-7-21(8-6-20)40-10-12-44-13-11-40)17-37-32(36)29(31)30(38-41)22-15-26(35)27(16-25(22)34)39-45(42,43)28-14-19(3)4-9-24(28)33/h4,9,14-18,20-21,39H,5-8,10-13H2,1-3H3,(H2,36,37). The predicted molar refractivity (Wildman–Crippen MR) is 167 cm³/mol. The highest BCUT2D eigenvalue weighted by molar-refractivity contribution is 7.92. The Bertz CT molecular complexity index is 1850. The van der Waals surface area contributed by atoms with Gasteiger partial charge in [-0.15, -0.1) is 0 Å². The molecule has 4 aromatic rings. The van der Waals surface area contributed by atoms with Gasteiger partial charge in [0.2, 0.25) is 0 Å². The first-order valence-electron chi connectivity index (χ1n) is 15.2. The van der Waals surface area contributed by atoms with Gasteiger partial charge in [0.15, 0.2) is 0 Å². The summed E-state index contributed by atoms with van der Waals surface area (Å²) in [5.74, 6) is -2.66. The Labute approximate surface area is 260 Å². The Morgan fingerprint density at radius 1 is 1.00 bits per heavy atom. The SMILES string of the molecule is Cc1ccc(F)c(S(=O)(=O)Nc2cc(F)c(-c3nn(C(C)C)c4c(C5CCC(N6CCOCC6)CC5)cnc(N)c34)cc2F)c1. The summed E-state index contributed by atoms with van der Waals surface area (Å²) in [5, 5.41) is 5.14.